The maximum Gasteiger partial charge on any atom is 0.119 e. The molecule has 1 aromatic rings. The van der Waals surface area contributed by atoms with E-state index in [1.54, 1.807) is 0 Å². The van der Waals surface area contributed by atoms with Crippen LogP contribution in [-0.4, -0.2) is 13.7 Å². The molecule has 0 radical (unpaired) electrons. The Balaban J connectivity index is 2.14. The van der Waals surface area contributed by atoms with Gasteiger partial charge in [-0.3, -0.25) is 0 Å². The van der Waals surface area contributed by atoms with Crippen LogP contribution >= 0.6 is 0 Å². The zero-order valence-electron chi connectivity index (χ0n) is 11.1. The number of rotatable bonds is 6. The Bertz CT molecular complexity index is 360. The number of ether oxygens (including phenoxy) is 1. The van der Waals surface area contributed by atoms with Gasteiger partial charge in [-0.1, -0.05) is 19.1 Å². The molecule has 1 aliphatic carbocycles. The van der Waals surface area contributed by atoms with Gasteiger partial charge in [-0.2, -0.15) is 0 Å². The molecule has 2 rings (SSSR count). The lowest BCUT2D eigenvalue weighted by molar-refractivity contribution is 0.336. The second kappa shape index (κ2) is 5.54. The first kappa shape index (κ1) is 12.4. The Labute approximate surface area is 104 Å². The first-order valence-corrected chi connectivity index (χ1v) is 6.66. The molecule has 0 aromatic heterocycles. The lowest BCUT2D eigenvalue weighted by Gasteiger charge is -2.24. The van der Waals surface area contributed by atoms with Crippen LogP contribution < -0.4 is 10.1 Å². The number of hydrogen-bond donors (Lipinski definition) is 1. The lowest BCUT2D eigenvalue weighted by atomic mass is 9.91. The Morgan fingerprint density at radius 2 is 2.18 bits per heavy atom. The van der Waals surface area contributed by atoms with E-state index in [0.29, 0.717) is 12.0 Å². The van der Waals surface area contributed by atoms with E-state index < -0.39 is 0 Å². The summed E-state index contributed by atoms with van der Waals surface area (Å²) in [6.45, 7) is 5.10. The zero-order chi connectivity index (χ0) is 12.3. The van der Waals surface area contributed by atoms with Gasteiger partial charge in [-0.25, -0.2) is 0 Å². The van der Waals surface area contributed by atoms with Crippen molar-refractivity contribution >= 4 is 0 Å². The van der Waals surface area contributed by atoms with Gasteiger partial charge in [0.25, 0.3) is 0 Å². The van der Waals surface area contributed by atoms with Crippen molar-refractivity contribution in [2.24, 2.45) is 11.8 Å². The Kier molecular flexibility index (Phi) is 4.06. The summed E-state index contributed by atoms with van der Waals surface area (Å²) in [5.74, 6) is 2.59. The highest BCUT2D eigenvalue weighted by Gasteiger charge is 2.33. The second-order valence-corrected chi connectivity index (χ2v) is 4.97. The first-order chi connectivity index (χ1) is 8.26. The van der Waals surface area contributed by atoms with Crippen molar-refractivity contribution in [2.75, 3.05) is 13.7 Å². The van der Waals surface area contributed by atoms with Crippen molar-refractivity contribution in [1.82, 2.24) is 5.32 Å². The number of nitrogens with one attached hydrogen (secondary N) is 1. The molecule has 0 aliphatic heterocycles. The first-order valence-electron chi connectivity index (χ1n) is 6.66. The summed E-state index contributed by atoms with van der Waals surface area (Å²) >= 11 is 0. The number of hydrogen-bond acceptors (Lipinski definition) is 2. The summed E-state index contributed by atoms with van der Waals surface area (Å²) in [5.41, 5.74) is 1.35. The average molecular weight is 233 g/mol. The topological polar surface area (TPSA) is 21.3 Å². The van der Waals surface area contributed by atoms with Gasteiger partial charge < -0.3 is 10.1 Å². The minimum absolute atomic E-state index is 0.447. The molecular formula is C15H23NO. The van der Waals surface area contributed by atoms with Crippen molar-refractivity contribution in [3.05, 3.63) is 29.8 Å². The third-order valence-corrected chi connectivity index (χ3v) is 3.73. The molecule has 0 amide bonds. The minimum atomic E-state index is 0.447. The van der Waals surface area contributed by atoms with Crippen LogP contribution in [0, 0.1) is 11.8 Å². The molecule has 1 fully saturated rings. The normalized spacial score (nSPS) is 18.8. The quantitative estimate of drug-likeness (QED) is 0.813. The molecule has 1 saturated carbocycles. The molecule has 0 bridgehead atoms. The standard InChI is InChI=1S/C15H23NO/c1-4-17-14-7-5-6-13(10-14)15(16-3)11(2)12-8-9-12/h5-7,10-12,15-16H,4,8-9H2,1-3H3. The zero-order valence-corrected chi connectivity index (χ0v) is 11.1. The summed E-state index contributed by atoms with van der Waals surface area (Å²) in [4.78, 5) is 0. The Morgan fingerprint density at radius 3 is 2.76 bits per heavy atom. The molecule has 1 N–H and O–H groups in total. The van der Waals surface area contributed by atoms with Crippen LogP contribution in [0.3, 0.4) is 0 Å². The molecule has 2 nitrogen and oxygen atoms in total. The van der Waals surface area contributed by atoms with E-state index >= 15 is 0 Å². The van der Waals surface area contributed by atoms with Crippen LogP contribution in [0.15, 0.2) is 24.3 Å². The van der Waals surface area contributed by atoms with E-state index in [1.165, 1.54) is 18.4 Å². The van der Waals surface area contributed by atoms with Crippen molar-refractivity contribution in [3.8, 4) is 5.75 Å². The molecule has 0 saturated heterocycles. The Morgan fingerprint density at radius 1 is 1.41 bits per heavy atom. The van der Waals surface area contributed by atoms with Crippen LogP contribution in [0.2, 0.25) is 0 Å². The highest BCUT2D eigenvalue weighted by atomic mass is 16.5. The van der Waals surface area contributed by atoms with Gasteiger partial charge in [0.1, 0.15) is 5.75 Å². The SMILES string of the molecule is CCOc1cccc(C(NC)C(C)C2CC2)c1. The van der Waals surface area contributed by atoms with Gasteiger partial charge in [0.15, 0.2) is 0 Å². The Hall–Kier alpha value is -1.02. The average Bonchev–Trinajstić information content (AvgIpc) is 3.14. The molecule has 0 spiro atoms. The fraction of sp³-hybridized carbons (Fsp3) is 0.600. The van der Waals surface area contributed by atoms with Crippen LogP contribution in [-0.2, 0) is 0 Å². The monoisotopic (exact) mass is 233 g/mol. The van der Waals surface area contributed by atoms with Crippen LogP contribution in [0.4, 0.5) is 0 Å². The third-order valence-electron chi connectivity index (χ3n) is 3.73. The maximum absolute atomic E-state index is 5.57. The van der Waals surface area contributed by atoms with Gasteiger partial charge in [0.2, 0.25) is 0 Å². The van der Waals surface area contributed by atoms with Crippen molar-refractivity contribution in [1.29, 1.82) is 0 Å². The molecule has 2 unspecified atom stereocenters. The van der Waals surface area contributed by atoms with Crippen LogP contribution in [0.25, 0.3) is 0 Å². The predicted octanol–water partition coefficient (Wildman–Crippen LogP) is 3.39. The highest BCUT2D eigenvalue weighted by Crippen LogP contribution is 2.42. The predicted molar refractivity (Wildman–Crippen MR) is 71.3 cm³/mol. The van der Waals surface area contributed by atoms with Crippen LogP contribution in [0.1, 0.15) is 38.3 Å². The van der Waals surface area contributed by atoms with Gasteiger partial charge >= 0.3 is 0 Å². The fourth-order valence-corrected chi connectivity index (χ4v) is 2.59. The third kappa shape index (κ3) is 3.01. The van der Waals surface area contributed by atoms with Crippen LogP contribution in [0.5, 0.6) is 5.75 Å². The molecule has 1 aromatic carbocycles. The maximum atomic E-state index is 5.57. The highest BCUT2D eigenvalue weighted by molar-refractivity contribution is 5.31. The van der Waals surface area contributed by atoms with E-state index in [-0.39, 0.29) is 0 Å². The van der Waals surface area contributed by atoms with Crippen molar-refractivity contribution in [3.63, 3.8) is 0 Å². The molecular weight excluding hydrogens is 210 g/mol. The van der Waals surface area contributed by atoms with Gasteiger partial charge in [0.05, 0.1) is 6.61 Å². The van der Waals surface area contributed by atoms with E-state index in [9.17, 15) is 0 Å². The largest absolute Gasteiger partial charge is 0.494 e. The number of benzene rings is 1. The molecule has 17 heavy (non-hydrogen) atoms. The molecule has 94 valence electrons. The summed E-state index contributed by atoms with van der Waals surface area (Å²) in [6.07, 6.45) is 2.79. The fourth-order valence-electron chi connectivity index (χ4n) is 2.59. The van der Waals surface area contributed by atoms with Gasteiger partial charge in [-0.15, -0.1) is 0 Å². The molecule has 0 heterocycles. The summed E-state index contributed by atoms with van der Waals surface area (Å²) in [7, 11) is 2.05. The van der Waals surface area contributed by atoms with E-state index in [2.05, 4.69) is 37.5 Å². The van der Waals surface area contributed by atoms with E-state index in [1.807, 2.05) is 13.0 Å². The van der Waals surface area contributed by atoms with E-state index in [4.69, 9.17) is 4.74 Å². The molecule has 2 atom stereocenters. The summed E-state index contributed by atoms with van der Waals surface area (Å²) < 4.78 is 5.57. The smallest absolute Gasteiger partial charge is 0.119 e. The van der Waals surface area contributed by atoms with E-state index in [0.717, 1.165) is 18.3 Å². The summed E-state index contributed by atoms with van der Waals surface area (Å²) in [5, 5.41) is 3.45. The summed E-state index contributed by atoms with van der Waals surface area (Å²) in [6, 6.07) is 8.93. The minimum Gasteiger partial charge on any atom is -0.494 e. The van der Waals surface area contributed by atoms with Gasteiger partial charge in [-0.05, 0) is 56.3 Å². The lowest BCUT2D eigenvalue weighted by Crippen LogP contribution is -2.24. The van der Waals surface area contributed by atoms with Gasteiger partial charge in [0, 0.05) is 6.04 Å². The molecule has 2 heteroatoms. The molecule has 1 aliphatic rings. The van der Waals surface area contributed by atoms with Crippen molar-refractivity contribution < 1.29 is 4.74 Å². The second-order valence-electron chi connectivity index (χ2n) is 4.97. The van der Waals surface area contributed by atoms with Crippen molar-refractivity contribution in [2.45, 2.75) is 32.7 Å².